The van der Waals surface area contributed by atoms with Crippen molar-refractivity contribution in [3.63, 3.8) is 0 Å². The third-order valence-electron chi connectivity index (χ3n) is 2.58. The van der Waals surface area contributed by atoms with Crippen molar-refractivity contribution < 1.29 is 19.4 Å². The van der Waals surface area contributed by atoms with Crippen LogP contribution < -0.4 is 5.32 Å². The Bertz CT molecular complexity index is 440. The summed E-state index contributed by atoms with van der Waals surface area (Å²) in [5.41, 5.74) is 0.0989. The summed E-state index contributed by atoms with van der Waals surface area (Å²) >= 11 is 2.92. The maximum Gasteiger partial charge on any atom is 0.336 e. The number of hydrogen-bond acceptors (Lipinski definition) is 3. The molecule has 100 valence electrons. The lowest BCUT2D eigenvalue weighted by Crippen LogP contribution is -2.13. The van der Waals surface area contributed by atoms with Gasteiger partial charge in [0, 0.05) is 6.54 Å². The minimum absolute atomic E-state index is 0.0731. The van der Waals surface area contributed by atoms with Crippen molar-refractivity contribution in [3.05, 3.63) is 28.0 Å². The third-order valence-corrected chi connectivity index (χ3v) is 3.35. The number of halogens is 2. The quantitative estimate of drug-likeness (QED) is 0.754. The first-order chi connectivity index (χ1) is 8.47. The van der Waals surface area contributed by atoms with Crippen molar-refractivity contribution in [2.45, 2.75) is 25.9 Å². The first-order valence-corrected chi connectivity index (χ1v) is 6.39. The van der Waals surface area contributed by atoms with E-state index in [1.54, 1.807) is 0 Å². The fraction of sp³-hybridized carbons (Fsp3) is 0.417. The number of anilines is 1. The van der Waals surface area contributed by atoms with Crippen LogP contribution in [0, 0.1) is 5.82 Å². The van der Waals surface area contributed by atoms with E-state index < -0.39 is 17.9 Å². The number of carboxylic acid groups (broad SMARTS) is 1. The number of carboxylic acids is 1. The van der Waals surface area contributed by atoms with Crippen LogP contribution >= 0.6 is 15.9 Å². The minimum Gasteiger partial charge on any atom is -0.478 e. The number of hydrogen-bond donors (Lipinski definition) is 3. The van der Waals surface area contributed by atoms with Crippen LogP contribution in [0.25, 0.3) is 0 Å². The van der Waals surface area contributed by atoms with Gasteiger partial charge >= 0.3 is 5.97 Å². The van der Waals surface area contributed by atoms with Gasteiger partial charge in [-0.1, -0.05) is 6.92 Å². The lowest BCUT2D eigenvalue weighted by atomic mass is 10.2. The molecule has 4 nitrogen and oxygen atoms in total. The molecule has 6 heteroatoms. The van der Waals surface area contributed by atoms with Crippen LogP contribution in [0.5, 0.6) is 0 Å². The van der Waals surface area contributed by atoms with E-state index in [2.05, 4.69) is 21.2 Å². The van der Waals surface area contributed by atoms with Crippen molar-refractivity contribution >= 4 is 27.6 Å². The number of aliphatic hydroxyl groups is 1. The molecule has 0 aliphatic rings. The second-order valence-corrected chi connectivity index (χ2v) is 4.66. The van der Waals surface area contributed by atoms with Crippen molar-refractivity contribution in [3.8, 4) is 0 Å². The molecule has 0 aliphatic carbocycles. The Balaban J connectivity index is 2.74. The number of aromatic carboxylic acids is 1. The first-order valence-electron chi connectivity index (χ1n) is 5.60. The van der Waals surface area contributed by atoms with Gasteiger partial charge in [0.05, 0.1) is 21.8 Å². The Labute approximate surface area is 113 Å². The molecular formula is C12H15BrFNO3. The smallest absolute Gasteiger partial charge is 0.336 e. The molecule has 0 spiro atoms. The highest BCUT2D eigenvalue weighted by atomic mass is 79.9. The van der Waals surface area contributed by atoms with E-state index in [1.165, 1.54) is 12.1 Å². The topological polar surface area (TPSA) is 69.6 Å². The fourth-order valence-corrected chi connectivity index (χ4v) is 1.94. The van der Waals surface area contributed by atoms with Gasteiger partial charge in [-0.3, -0.25) is 0 Å². The Morgan fingerprint density at radius 2 is 2.22 bits per heavy atom. The third kappa shape index (κ3) is 3.68. The van der Waals surface area contributed by atoms with Gasteiger partial charge in [-0.05, 0) is 40.9 Å². The molecule has 1 aromatic carbocycles. The predicted molar refractivity (Wildman–Crippen MR) is 70.5 cm³/mol. The molecule has 1 rings (SSSR count). The van der Waals surface area contributed by atoms with E-state index in [9.17, 15) is 14.3 Å². The average molecular weight is 320 g/mol. The molecule has 0 fully saturated rings. The van der Waals surface area contributed by atoms with Crippen LogP contribution in [0.4, 0.5) is 10.1 Å². The van der Waals surface area contributed by atoms with Crippen LogP contribution in [0.2, 0.25) is 0 Å². The van der Waals surface area contributed by atoms with E-state index in [0.717, 1.165) is 0 Å². The molecule has 0 aliphatic heterocycles. The van der Waals surface area contributed by atoms with Gasteiger partial charge in [0.15, 0.2) is 5.82 Å². The zero-order chi connectivity index (χ0) is 13.7. The summed E-state index contributed by atoms with van der Waals surface area (Å²) in [7, 11) is 0. The summed E-state index contributed by atoms with van der Waals surface area (Å²) < 4.78 is 13.7. The van der Waals surface area contributed by atoms with Gasteiger partial charge < -0.3 is 15.5 Å². The number of benzene rings is 1. The number of aliphatic hydroxyl groups excluding tert-OH is 1. The van der Waals surface area contributed by atoms with Gasteiger partial charge in [-0.25, -0.2) is 9.18 Å². The summed E-state index contributed by atoms with van der Waals surface area (Å²) in [5, 5.41) is 21.0. The first kappa shape index (κ1) is 14.9. The Kier molecular flexibility index (Phi) is 5.55. The highest BCUT2D eigenvalue weighted by molar-refractivity contribution is 9.10. The van der Waals surface area contributed by atoms with E-state index in [0.29, 0.717) is 19.4 Å². The number of carbonyl (C=O) groups is 1. The molecular weight excluding hydrogens is 305 g/mol. The molecule has 18 heavy (non-hydrogen) atoms. The van der Waals surface area contributed by atoms with Crippen LogP contribution in [0.1, 0.15) is 30.1 Å². The Morgan fingerprint density at radius 3 is 2.78 bits per heavy atom. The summed E-state index contributed by atoms with van der Waals surface area (Å²) in [6.07, 6.45) is 0.738. The SMILES string of the molecule is CCC(O)CCNc1ccc(C(=O)O)c(Br)c1F. The summed E-state index contributed by atoms with van der Waals surface area (Å²) in [4.78, 5) is 10.8. The van der Waals surface area contributed by atoms with Crippen molar-refractivity contribution in [2.24, 2.45) is 0 Å². The molecule has 0 aromatic heterocycles. The van der Waals surface area contributed by atoms with Crippen molar-refractivity contribution in [1.82, 2.24) is 0 Å². The molecule has 0 radical (unpaired) electrons. The van der Waals surface area contributed by atoms with Gasteiger partial charge in [0.2, 0.25) is 0 Å². The van der Waals surface area contributed by atoms with Crippen LogP contribution in [-0.2, 0) is 0 Å². The van der Waals surface area contributed by atoms with Gasteiger partial charge in [-0.15, -0.1) is 0 Å². The van der Waals surface area contributed by atoms with Crippen LogP contribution in [0.15, 0.2) is 16.6 Å². The highest BCUT2D eigenvalue weighted by Gasteiger charge is 2.15. The molecule has 1 aromatic rings. The van der Waals surface area contributed by atoms with Gasteiger partial charge in [0.25, 0.3) is 0 Å². The molecule has 0 saturated carbocycles. The van der Waals surface area contributed by atoms with Gasteiger partial charge in [-0.2, -0.15) is 0 Å². The second-order valence-electron chi connectivity index (χ2n) is 3.87. The van der Waals surface area contributed by atoms with Crippen molar-refractivity contribution in [1.29, 1.82) is 0 Å². The molecule has 0 bridgehead atoms. The molecule has 3 N–H and O–H groups in total. The second kappa shape index (κ2) is 6.70. The van der Waals surface area contributed by atoms with Crippen molar-refractivity contribution in [2.75, 3.05) is 11.9 Å². The summed E-state index contributed by atoms with van der Waals surface area (Å²) in [6.45, 7) is 2.29. The number of rotatable bonds is 6. The average Bonchev–Trinajstić information content (AvgIpc) is 2.33. The summed E-state index contributed by atoms with van der Waals surface area (Å²) in [6, 6.07) is 2.70. The normalized spacial score (nSPS) is 12.2. The Hall–Kier alpha value is -1.14. The maximum absolute atomic E-state index is 13.8. The highest BCUT2D eigenvalue weighted by Crippen LogP contribution is 2.27. The predicted octanol–water partition coefficient (Wildman–Crippen LogP) is 2.86. The standard InChI is InChI=1S/C12H15BrFNO3/c1-2-7(16)5-6-15-9-4-3-8(12(17)18)10(13)11(9)14/h3-4,7,15-16H,2,5-6H2,1H3,(H,17,18). The lowest BCUT2D eigenvalue weighted by molar-refractivity contribution is 0.0695. The zero-order valence-electron chi connectivity index (χ0n) is 9.91. The zero-order valence-corrected chi connectivity index (χ0v) is 11.5. The minimum atomic E-state index is -1.19. The monoisotopic (exact) mass is 319 g/mol. The van der Waals surface area contributed by atoms with E-state index in [4.69, 9.17) is 5.11 Å². The fourth-order valence-electron chi connectivity index (χ4n) is 1.43. The molecule has 1 unspecified atom stereocenters. The van der Waals surface area contributed by atoms with E-state index in [1.807, 2.05) is 6.92 Å². The molecule has 0 saturated heterocycles. The Morgan fingerprint density at radius 1 is 1.56 bits per heavy atom. The molecule has 0 heterocycles. The lowest BCUT2D eigenvalue weighted by Gasteiger charge is -2.12. The molecule has 1 atom stereocenters. The van der Waals surface area contributed by atoms with E-state index in [-0.39, 0.29) is 15.7 Å². The molecule has 0 amide bonds. The van der Waals surface area contributed by atoms with E-state index >= 15 is 0 Å². The van der Waals surface area contributed by atoms with Crippen LogP contribution in [-0.4, -0.2) is 28.8 Å². The number of nitrogens with one attached hydrogen (secondary N) is 1. The largest absolute Gasteiger partial charge is 0.478 e. The van der Waals surface area contributed by atoms with Gasteiger partial charge in [0.1, 0.15) is 0 Å². The van der Waals surface area contributed by atoms with Crippen LogP contribution in [0.3, 0.4) is 0 Å². The summed E-state index contributed by atoms with van der Waals surface area (Å²) in [5.74, 6) is -1.82. The maximum atomic E-state index is 13.8.